The molecule has 1 rings (SSSR count). The minimum atomic E-state index is -2.19. The zero-order chi connectivity index (χ0) is 13.1. The normalized spacial score (nSPS) is 17.7. The van der Waals surface area contributed by atoms with Crippen molar-refractivity contribution in [3.63, 3.8) is 0 Å². The van der Waals surface area contributed by atoms with Crippen LogP contribution in [0.1, 0.15) is 6.42 Å². The van der Waals surface area contributed by atoms with Crippen LogP contribution in [0, 0.1) is 0 Å². The molecule has 0 radical (unpaired) electrons. The van der Waals surface area contributed by atoms with Crippen LogP contribution in [0.4, 0.5) is 0 Å². The van der Waals surface area contributed by atoms with E-state index in [0.717, 1.165) is 0 Å². The molecule has 0 atom stereocenters. The number of hydrogen-bond donors (Lipinski definition) is 2. The summed E-state index contributed by atoms with van der Waals surface area (Å²) in [6.07, 6.45) is -0.550. The Morgan fingerprint density at radius 2 is 1.94 bits per heavy atom. The van der Waals surface area contributed by atoms with Gasteiger partial charge in [0.2, 0.25) is 11.4 Å². The lowest BCUT2D eigenvalue weighted by molar-refractivity contribution is -0.196. The summed E-state index contributed by atoms with van der Waals surface area (Å²) in [5.41, 5.74) is -2.19. The Labute approximate surface area is 96.7 Å². The van der Waals surface area contributed by atoms with Gasteiger partial charge in [-0.3, -0.25) is 9.69 Å². The summed E-state index contributed by atoms with van der Waals surface area (Å²) in [5.74, 6) is -3.70. The molecule has 0 spiro atoms. The summed E-state index contributed by atoms with van der Waals surface area (Å²) in [4.78, 5) is 33.8. The zero-order valence-corrected chi connectivity index (χ0v) is 9.21. The molecule has 0 aromatic rings. The number of methoxy groups -OCH3 is 1. The standard InChI is InChI=1S/C9H13NO7/c1-16-2-3-17-5-10-6(11)4-9(10,7(12)13)8(14)15/h2-5H2,1H3,(H,12,13)(H,14,15). The van der Waals surface area contributed by atoms with Crippen molar-refractivity contribution in [1.29, 1.82) is 0 Å². The number of nitrogens with zero attached hydrogens (tertiary/aromatic N) is 1. The first-order valence-corrected chi connectivity index (χ1v) is 4.80. The molecular weight excluding hydrogens is 234 g/mol. The topological polar surface area (TPSA) is 113 Å². The minimum absolute atomic E-state index is 0.148. The van der Waals surface area contributed by atoms with Crippen LogP contribution in [0.2, 0.25) is 0 Å². The molecule has 2 N–H and O–H groups in total. The number of rotatable bonds is 7. The number of amides is 1. The highest BCUT2D eigenvalue weighted by Crippen LogP contribution is 2.32. The number of ether oxygens (including phenoxy) is 2. The Balaban J connectivity index is 2.64. The molecule has 1 fully saturated rings. The third-order valence-electron chi connectivity index (χ3n) is 2.53. The van der Waals surface area contributed by atoms with E-state index >= 15 is 0 Å². The second-order valence-electron chi connectivity index (χ2n) is 3.50. The lowest BCUT2D eigenvalue weighted by Gasteiger charge is -2.44. The number of carboxylic acid groups (broad SMARTS) is 2. The number of aliphatic carboxylic acids is 2. The Kier molecular flexibility index (Phi) is 4.02. The Hall–Kier alpha value is -1.67. The van der Waals surface area contributed by atoms with Crippen LogP contribution in [0.3, 0.4) is 0 Å². The number of hydrogen-bond acceptors (Lipinski definition) is 5. The van der Waals surface area contributed by atoms with Gasteiger partial charge in [-0.05, 0) is 0 Å². The highest BCUT2D eigenvalue weighted by Gasteiger charge is 2.63. The van der Waals surface area contributed by atoms with Gasteiger partial charge in [-0.2, -0.15) is 0 Å². The molecule has 1 aliphatic rings. The number of carbonyl (C=O) groups excluding carboxylic acids is 1. The summed E-state index contributed by atoms with van der Waals surface area (Å²) in [6.45, 7) is 0.0472. The van der Waals surface area contributed by atoms with Gasteiger partial charge in [0.05, 0.1) is 19.6 Å². The summed E-state index contributed by atoms with van der Waals surface area (Å²) in [7, 11) is 1.46. The lowest BCUT2D eigenvalue weighted by Crippen LogP contribution is -2.72. The molecule has 0 aromatic heterocycles. The second kappa shape index (κ2) is 5.11. The van der Waals surface area contributed by atoms with Gasteiger partial charge in [-0.25, -0.2) is 9.59 Å². The molecule has 0 aromatic carbocycles. The van der Waals surface area contributed by atoms with Crippen LogP contribution in [0.25, 0.3) is 0 Å². The average Bonchev–Trinajstić information content (AvgIpc) is 2.24. The SMILES string of the molecule is COCCOCN1C(=O)CC1(C(=O)O)C(=O)O. The van der Waals surface area contributed by atoms with E-state index in [1.54, 1.807) is 0 Å². The molecule has 0 saturated carbocycles. The van der Waals surface area contributed by atoms with E-state index in [9.17, 15) is 14.4 Å². The monoisotopic (exact) mass is 247 g/mol. The van der Waals surface area contributed by atoms with E-state index in [-0.39, 0.29) is 19.9 Å². The fourth-order valence-electron chi connectivity index (χ4n) is 1.49. The third kappa shape index (κ3) is 2.22. The largest absolute Gasteiger partial charge is 0.479 e. The molecule has 1 saturated heterocycles. The van der Waals surface area contributed by atoms with Gasteiger partial charge in [0, 0.05) is 7.11 Å². The molecular formula is C9H13NO7. The molecule has 1 amide bonds. The van der Waals surface area contributed by atoms with Crippen LogP contribution in [0.15, 0.2) is 0 Å². The molecule has 1 heterocycles. The smallest absolute Gasteiger partial charge is 0.342 e. The van der Waals surface area contributed by atoms with E-state index < -0.39 is 29.8 Å². The molecule has 96 valence electrons. The quantitative estimate of drug-likeness (QED) is 0.328. The second-order valence-corrected chi connectivity index (χ2v) is 3.50. The molecule has 0 unspecified atom stereocenters. The Morgan fingerprint density at radius 1 is 1.35 bits per heavy atom. The first-order valence-electron chi connectivity index (χ1n) is 4.80. The van der Waals surface area contributed by atoms with Crippen molar-refractivity contribution in [3.8, 4) is 0 Å². The molecule has 0 aliphatic carbocycles. The van der Waals surface area contributed by atoms with E-state index in [1.807, 2.05) is 0 Å². The van der Waals surface area contributed by atoms with Gasteiger partial charge < -0.3 is 19.7 Å². The fourth-order valence-corrected chi connectivity index (χ4v) is 1.49. The van der Waals surface area contributed by atoms with Crippen molar-refractivity contribution < 1.29 is 34.1 Å². The predicted octanol–water partition coefficient (Wildman–Crippen LogP) is -1.25. The highest BCUT2D eigenvalue weighted by molar-refractivity contribution is 6.14. The maximum Gasteiger partial charge on any atom is 0.342 e. The number of carboxylic acids is 2. The lowest BCUT2D eigenvalue weighted by atomic mass is 9.84. The van der Waals surface area contributed by atoms with E-state index in [4.69, 9.17) is 14.9 Å². The van der Waals surface area contributed by atoms with Crippen LogP contribution in [-0.2, 0) is 23.9 Å². The van der Waals surface area contributed by atoms with Gasteiger partial charge in [0.25, 0.3) is 0 Å². The third-order valence-corrected chi connectivity index (χ3v) is 2.53. The molecule has 8 heteroatoms. The van der Waals surface area contributed by atoms with Crippen molar-refractivity contribution in [2.75, 3.05) is 27.1 Å². The predicted molar refractivity (Wildman–Crippen MR) is 52.2 cm³/mol. The summed E-state index contributed by atoms with van der Waals surface area (Å²) in [5, 5.41) is 17.8. The van der Waals surface area contributed by atoms with Gasteiger partial charge in [-0.15, -0.1) is 0 Å². The zero-order valence-electron chi connectivity index (χ0n) is 9.21. The summed E-state index contributed by atoms with van der Waals surface area (Å²) < 4.78 is 9.65. The maximum atomic E-state index is 11.2. The molecule has 0 bridgehead atoms. The highest BCUT2D eigenvalue weighted by atomic mass is 16.5. The number of carbonyl (C=O) groups is 3. The van der Waals surface area contributed by atoms with Crippen LogP contribution >= 0.6 is 0 Å². The number of β-lactam (4-membered cyclic amide) rings is 1. The van der Waals surface area contributed by atoms with Crippen molar-refractivity contribution >= 4 is 17.8 Å². The summed E-state index contributed by atoms with van der Waals surface area (Å²) >= 11 is 0. The fraction of sp³-hybridized carbons (Fsp3) is 0.667. The van der Waals surface area contributed by atoms with Crippen LogP contribution in [-0.4, -0.2) is 65.6 Å². The first-order chi connectivity index (χ1) is 7.96. The van der Waals surface area contributed by atoms with Gasteiger partial charge in [0.1, 0.15) is 6.73 Å². The maximum absolute atomic E-state index is 11.2. The minimum Gasteiger partial charge on any atom is -0.479 e. The molecule has 1 aliphatic heterocycles. The first kappa shape index (κ1) is 13.4. The van der Waals surface area contributed by atoms with Crippen LogP contribution < -0.4 is 0 Å². The van der Waals surface area contributed by atoms with E-state index in [2.05, 4.69) is 4.74 Å². The van der Waals surface area contributed by atoms with E-state index in [0.29, 0.717) is 4.90 Å². The van der Waals surface area contributed by atoms with Crippen molar-refractivity contribution in [2.24, 2.45) is 0 Å². The molecule has 8 nitrogen and oxygen atoms in total. The van der Waals surface area contributed by atoms with Gasteiger partial charge in [0.15, 0.2) is 0 Å². The number of likely N-dealkylation sites (tertiary alicyclic amines) is 1. The van der Waals surface area contributed by atoms with Crippen LogP contribution in [0.5, 0.6) is 0 Å². The van der Waals surface area contributed by atoms with Crippen molar-refractivity contribution in [2.45, 2.75) is 12.0 Å². The van der Waals surface area contributed by atoms with Gasteiger partial charge >= 0.3 is 11.9 Å². The Bertz CT molecular complexity index is 326. The Morgan fingerprint density at radius 3 is 2.35 bits per heavy atom. The molecule has 17 heavy (non-hydrogen) atoms. The average molecular weight is 247 g/mol. The van der Waals surface area contributed by atoms with E-state index in [1.165, 1.54) is 7.11 Å². The van der Waals surface area contributed by atoms with Gasteiger partial charge in [-0.1, -0.05) is 0 Å². The summed E-state index contributed by atoms with van der Waals surface area (Å²) in [6, 6.07) is 0. The van der Waals surface area contributed by atoms with Crippen molar-refractivity contribution in [3.05, 3.63) is 0 Å². The van der Waals surface area contributed by atoms with Crippen molar-refractivity contribution in [1.82, 2.24) is 4.90 Å².